The number of rotatable bonds is 7. The van der Waals surface area contributed by atoms with Gasteiger partial charge in [-0.15, -0.1) is 11.8 Å². The molecule has 166 valence electrons. The van der Waals surface area contributed by atoms with Gasteiger partial charge >= 0.3 is 5.69 Å². The van der Waals surface area contributed by atoms with Gasteiger partial charge in [-0.1, -0.05) is 54.1 Å². The Kier molecular flexibility index (Phi) is 6.62. The first kappa shape index (κ1) is 22.5. The normalized spacial score (nSPS) is 12.4. The van der Waals surface area contributed by atoms with E-state index in [1.807, 2.05) is 23.6 Å². The molecule has 0 bridgehead atoms. The van der Waals surface area contributed by atoms with Gasteiger partial charge in [-0.05, 0) is 44.0 Å². The Hall–Kier alpha value is -2.71. The highest BCUT2D eigenvalue weighted by atomic mass is 32.2. The minimum Gasteiger partial charge on any atom is -0.313 e. The number of nitrogens with one attached hydrogen (secondary N) is 1. The Bertz CT molecular complexity index is 1350. The average molecular weight is 467 g/mol. The summed E-state index contributed by atoms with van der Waals surface area (Å²) in [5.41, 5.74) is 2.42. The lowest BCUT2D eigenvalue weighted by Crippen LogP contribution is -2.29. The average Bonchev–Trinajstić information content (AvgIpc) is 3.12. The minimum absolute atomic E-state index is 0.285. The molecule has 1 unspecified atom stereocenters. The van der Waals surface area contributed by atoms with Crippen molar-refractivity contribution in [3.05, 3.63) is 80.5 Å². The predicted octanol–water partition coefficient (Wildman–Crippen LogP) is 4.62. The molecule has 1 N–H and O–H groups in total. The number of hydrogen-bond acceptors (Lipinski definition) is 5. The van der Waals surface area contributed by atoms with Crippen LogP contribution in [-0.2, 0) is 13.6 Å². The fourth-order valence-electron chi connectivity index (χ4n) is 3.41. The van der Waals surface area contributed by atoms with Crippen LogP contribution in [0.1, 0.15) is 18.1 Å². The van der Waals surface area contributed by atoms with Crippen LogP contribution in [0.5, 0.6) is 0 Å². The second-order valence-corrected chi connectivity index (χ2v) is 10.3. The van der Waals surface area contributed by atoms with Gasteiger partial charge in [-0.2, -0.15) is 0 Å². The van der Waals surface area contributed by atoms with Crippen LogP contribution < -0.4 is 11.2 Å². The fourth-order valence-corrected chi connectivity index (χ4v) is 5.21. The number of thioether (sulfide) groups is 1. The van der Waals surface area contributed by atoms with Crippen molar-refractivity contribution in [1.82, 2.24) is 19.1 Å². The monoisotopic (exact) mass is 466 g/mol. The van der Waals surface area contributed by atoms with Crippen molar-refractivity contribution in [3.63, 3.8) is 0 Å². The third-order valence-electron chi connectivity index (χ3n) is 5.25. The van der Waals surface area contributed by atoms with Crippen LogP contribution in [0.3, 0.4) is 0 Å². The quantitative estimate of drug-likeness (QED) is 0.403. The summed E-state index contributed by atoms with van der Waals surface area (Å²) in [6.45, 7) is 6.93. The van der Waals surface area contributed by atoms with E-state index in [9.17, 15) is 9.59 Å². The van der Waals surface area contributed by atoms with Crippen molar-refractivity contribution in [2.45, 2.75) is 42.3 Å². The maximum absolute atomic E-state index is 12.7. The highest BCUT2D eigenvalue weighted by molar-refractivity contribution is 7.99. The summed E-state index contributed by atoms with van der Waals surface area (Å²) >= 11 is 3.31. The van der Waals surface area contributed by atoms with Gasteiger partial charge in [-0.3, -0.25) is 14.3 Å². The number of hydrogen-bond donors (Lipinski definition) is 1. The molecule has 0 aliphatic rings. The predicted molar refractivity (Wildman–Crippen MR) is 132 cm³/mol. The summed E-state index contributed by atoms with van der Waals surface area (Å²) in [6, 6.07) is 16.7. The Balaban J connectivity index is 1.66. The van der Waals surface area contributed by atoms with Crippen molar-refractivity contribution < 1.29 is 0 Å². The first-order valence-electron chi connectivity index (χ1n) is 10.5. The standard InChI is InChI=1S/C24H26N4O2S2/c1-15-5-9-18(10-6-15)31-14-17(3)13-28-20-21(27(4)23(30)26-22(20)29)25-24(28)32-19-11-7-16(2)8-12-19/h5-12,17H,13-14H2,1-4H3,(H,26,29,30). The molecule has 0 saturated heterocycles. The molecule has 4 aromatic rings. The number of fused-ring (bicyclic) bond motifs is 1. The zero-order chi connectivity index (χ0) is 22.8. The molecule has 8 heteroatoms. The van der Waals surface area contributed by atoms with Crippen LogP contribution in [-0.4, -0.2) is 24.9 Å². The van der Waals surface area contributed by atoms with Gasteiger partial charge in [0.05, 0.1) is 0 Å². The maximum atomic E-state index is 12.7. The number of benzene rings is 2. The molecule has 6 nitrogen and oxygen atoms in total. The van der Waals surface area contributed by atoms with Crippen molar-refractivity contribution in [2.24, 2.45) is 13.0 Å². The highest BCUT2D eigenvalue weighted by Gasteiger charge is 2.20. The summed E-state index contributed by atoms with van der Waals surface area (Å²) in [5, 5.41) is 0.711. The molecule has 0 fully saturated rings. The van der Waals surface area contributed by atoms with Crippen molar-refractivity contribution in [1.29, 1.82) is 0 Å². The highest BCUT2D eigenvalue weighted by Crippen LogP contribution is 2.30. The lowest BCUT2D eigenvalue weighted by molar-refractivity contribution is 0.511. The van der Waals surface area contributed by atoms with Crippen LogP contribution in [0, 0.1) is 19.8 Å². The molecule has 2 aromatic carbocycles. The topological polar surface area (TPSA) is 72.7 Å². The SMILES string of the molecule is Cc1ccc(SCC(C)Cn2c(Sc3ccc(C)cc3)nc3c2c(=O)[nH]c(=O)n3C)cc1. The number of nitrogens with zero attached hydrogens (tertiary/aromatic N) is 3. The second-order valence-electron chi connectivity index (χ2n) is 8.14. The maximum Gasteiger partial charge on any atom is 0.329 e. The van der Waals surface area contributed by atoms with E-state index in [1.165, 1.54) is 32.4 Å². The van der Waals surface area contributed by atoms with Crippen molar-refractivity contribution >= 4 is 34.7 Å². The summed E-state index contributed by atoms with van der Waals surface area (Å²) in [4.78, 5) is 34.2. The number of aryl methyl sites for hydroxylation is 3. The molecule has 0 radical (unpaired) electrons. The van der Waals surface area contributed by atoms with Gasteiger partial charge < -0.3 is 4.57 Å². The van der Waals surface area contributed by atoms with Crippen molar-refractivity contribution in [3.8, 4) is 0 Å². The fraction of sp³-hybridized carbons (Fsp3) is 0.292. The summed E-state index contributed by atoms with van der Waals surface area (Å²) in [7, 11) is 1.63. The van der Waals surface area contributed by atoms with Crippen LogP contribution in [0.2, 0.25) is 0 Å². The van der Waals surface area contributed by atoms with Crippen LogP contribution in [0.15, 0.2) is 73.1 Å². The molecule has 2 aromatic heterocycles. The van der Waals surface area contributed by atoms with E-state index in [4.69, 9.17) is 4.98 Å². The van der Waals surface area contributed by atoms with Gasteiger partial charge in [0.25, 0.3) is 5.56 Å². The van der Waals surface area contributed by atoms with E-state index in [-0.39, 0.29) is 5.92 Å². The lowest BCUT2D eigenvalue weighted by Gasteiger charge is -2.15. The Morgan fingerprint density at radius 3 is 2.19 bits per heavy atom. The molecule has 0 amide bonds. The first-order valence-corrected chi connectivity index (χ1v) is 12.3. The Morgan fingerprint density at radius 2 is 1.56 bits per heavy atom. The van der Waals surface area contributed by atoms with Gasteiger partial charge in [0.15, 0.2) is 16.3 Å². The van der Waals surface area contributed by atoms with Crippen molar-refractivity contribution in [2.75, 3.05) is 5.75 Å². The first-order chi connectivity index (χ1) is 15.3. The minimum atomic E-state index is -0.456. The largest absolute Gasteiger partial charge is 0.329 e. The van der Waals surface area contributed by atoms with Gasteiger partial charge in [-0.25, -0.2) is 9.78 Å². The summed E-state index contributed by atoms with van der Waals surface area (Å²) in [5.74, 6) is 1.19. The van der Waals surface area contributed by atoms with Crippen LogP contribution >= 0.6 is 23.5 Å². The second kappa shape index (κ2) is 9.42. The third kappa shape index (κ3) is 4.86. The van der Waals surface area contributed by atoms with E-state index < -0.39 is 11.2 Å². The molecule has 0 spiro atoms. The molecule has 0 saturated carbocycles. The zero-order valence-electron chi connectivity index (χ0n) is 18.6. The third-order valence-corrected chi connectivity index (χ3v) is 7.60. The van der Waals surface area contributed by atoms with Crippen LogP contribution in [0.4, 0.5) is 0 Å². The number of imidazole rings is 1. The molecular weight excluding hydrogens is 440 g/mol. The number of H-pyrrole nitrogens is 1. The van der Waals surface area contributed by atoms with E-state index >= 15 is 0 Å². The van der Waals surface area contributed by atoms with E-state index in [0.29, 0.717) is 22.9 Å². The van der Waals surface area contributed by atoms with Gasteiger partial charge in [0.1, 0.15) is 0 Å². The molecular formula is C24H26N4O2S2. The summed E-state index contributed by atoms with van der Waals surface area (Å²) < 4.78 is 3.36. The molecule has 0 aliphatic heterocycles. The number of aromatic nitrogens is 4. The molecule has 0 aliphatic carbocycles. The molecule has 2 heterocycles. The Morgan fingerprint density at radius 1 is 0.969 bits per heavy atom. The van der Waals surface area contributed by atoms with Crippen LogP contribution in [0.25, 0.3) is 11.2 Å². The van der Waals surface area contributed by atoms with Gasteiger partial charge in [0, 0.05) is 29.1 Å². The molecule has 4 rings (SSSR count). The zero-order valence-corrected chi connectivity index (χ0v) is 20.2. The van der Waals surface area contributed by atoms with E-state index in [2.05, 4.69) is 55.2 Å². The lowest BCUT2D eigenvalue weighted by atomic mass is 10.2. The molecule has 1 atom stereocenters. The number of aromatic amines is 1. The van der Waals surface area contributed by atoms with E-state index in [0.717, 1.165) is 10.6 Å². The Labute approximate surface area is 195 Å². The summed E-state index contributed by atoms with van der Waals surface area (Å²) in [6.07, 6.45) is 0. The van der Waals surface area contributed by atoms with E-state index in [1.54, 1.807) is 18.8 Å². The molecule has 32 heavy (non-hydrogen) atoms. The smallest absolute Gasteiger partial charge is 0.313 e. The van der Waals surface area contributed by atoms with Gasteiger partial charge in [0.2, 0.25) is 0 Å².